The molecule has 2 heterocycles. The summed E-state index contributed by atoms with van der Waals surface area (Å²) in [6.07, 6.45) is 9.17. The maximum atomic E-state index is 5.89. The molecule has 0 aliphatic carbocycles. The van der Waals surface area contributed by atoms with Gasteiger partial charge < -0.3 is 9.47 Å². The van der Waals surface area contributed by atoms with Gasteiger partial charge >= 0.3 is 0 Å². The van der Waals surface area contributed by atoms with Gasteiger partial charge in [-0.3, -0.25) is 0 Å². The van der Waals surface area contributed by atoms with Crippen molar-refractivity contribution in [3.63, 3.8) is 0 Å². The molecule has 3 heteroatoms. The summed E-state index contributed by atoms with van der Waals surface area (Å²) < 4.78 is 11.3. The summed E-state index contributed by atoms with van der Waals surface area (Å²) in [5.41, 5.74) is 0.0572. The summed E-state index contributed by atoms with van der Waals surface area (Å²) in [5, 5.41) is 1.06. The lowest BCUT2D eigenvalue weighted by molar-refractivity contribution is -0.0910. The van der Waals surface area contributed by atoms with Gasteiger partial charge in [0.15, 0.2) is 0 Å². The van der Waals surface area contributed by atoms with Gasteiger partial charge in [-0.15, -0.1) is 0 Å². The van der Waals surface area contributed by atoms with Crippen LogP contribution in [0.15, 0.2) is 12.2 Å². The van der Waals surface area contributed by atoms with Gasteiger partial charge in [0, 0.05) is 25.0 Å². The Bertz CT molecular complexity index is 222. The molecule has 2 unspecified atom stereocenters. The molecule has 2 aliphatic heterocycles. The molecule has 2 fully saturated rings. The van der Waals surface area contributed by atoms with Crippen molar-refractivity contribution in [2.45, 2.75) is 31.3 Å². The van der Waals surface area contributed by atoms with Gasteiger partial charge in [0.25, 0.3) is 0 Å². The fourth-order valence-corrected chi connectivity index (χ4v) is 2.71. The van der Waals surface area contributed by atoms with Crippen molar-refractivity contribution >= 4 is 15.9 Å². The third-order valence-corrected chi connectivity index (χ3v) is 3.74. The van der Waals surface area contributed by atoms with Crippen molar-refractivity contribution in [2.24, 2.45) is 5.92 Å². The molecule has 86 valence electrons. The zero-order valence-electron chi connectivity index (χ0n) is 9.08. The van der Waals surface area contributed by atoms with E-state index in [-0.39, 0.29) is 5.60 Å². The highest BCUT2D eigenvalue weighted by Crippen LogP contribution is 2.36. The highest BCUT2D eigenvalue weighted by Gasteiger charge is 2.40. The third-order valence-electron chi connectivity index (χ3n) is 3.28. The van der Waals surface area contributed by atoms with Crippen LogP contribution in [0.2, 0.25) is 0 Å². The first-order valence-electron chi connectivity index (χ1n) is 5.79. The summed E-state index contributed by atoms with van der Waals surface area (Å²) in [7, 11) is 0. The van der Waals surface area contributed by atoms with Crippen LogP contribution in [0, 0.1) is 5.92 Å². The van der Waals surface area contributed by atoms with Gasteiger partial charge in [-0.05, 0) is 25.2 Å². The zero-order valence-corrected chi connectivity index (χ0v) is 10.7. The van der Waals surface area contributed by atoms with E-state index in [1.807, 2.05) is 0 Å². The zero-order chi connectivity index (χ0) is 10.6. The Balaban J connectivity index is 1.86. The van der Waals surface area contributed by atoms with Crippen LogP contribution in [0.4, 0.5) is 0 Å². The van der Waals surface area contributed by atoms with E-state index in [0.29, 0.717) is 5.92 Å². The number of hydrogen-bond acceptors (Lipinski definition) is 2. The second-order valence-electron chi connectivity index (χ2n) is 4.49. The van der Waals surface area contributed by atoms with Crippen molar-refractivity contribution in [1.29, 1.82) is 0 Å². The van der Waals surface area contributed by atoms with Crippen molar-refractivity contribution in [1.82, 2.24) is 0 Å². The second kappa shape index (κ2) is 5.46. The van der Waals surface area contributed by atoms with E-state index in [1.165, 1.54) is 6.42 Å². The van der Waals surface area contributed by atoms with Crippen LogP contribution in [-0.4, -0.2) is 30.8 Å². The van der Waals surface area contributed by atoms with Crippen LogP contribution in [0.1, 0.15) is 25.7 Å². The summed E-state index contributed by atoms with van der Waals surface area (Å²) in [6, 6.07) is 0. The first kappa shape index (κ1) is 11.6. The molecule has 0 N–H and O–H groups in total. The van der Waals surface area contributed by atoms with E-state index < -0.39 is 0 Å². The smallest absolute Gasteiger partial charge is 0.0942 e. The molecule has 0 saturated carbocycles. The lowest BCUT2D eigenvalue weighted by Gasteiger charge is -2.36. The second-order valence-corrected chi connectivity index (χ2v) is 5.29. The van der Waals surface area contributed by atoms with Gasteiger partial charge in [0.05, 0.1) is 12.2 Å². The lowest BCUT2D eigenvalue weighted by Crippen LogP contribution is -2.39. The van der Waals surface area contributed by atoms with Crippen LogP contribution >= 0.6 is 15.9 Å². The monoisotopic (exact) mass is 274 g/mol. The Morgan fingerprint density at radius 3 is 3.07 bits per heavy atom. The lowest BCUT2D eigenvalue weighted by atomic mass is 9.85. The highest BCUT2D eigenvalue weighted by atomic mass is 79.9. The largest absolute Gasteiger partial charge is 0.378 e. The third kappa shape index (κ3) is 3.05. The van der Waals surface area contributed by atoms with Crippen molar-refractivity contribution in [3.8, 4) is 0 Å². The minimum atomic E-state index is 0.0572. The molecule has 15 heavy (non-hydrogen) atoms. The molecular formula is C12H19BrO2. The maximum Gasteiger partial charge on any atom is 0.0942 e. The molecule has 0 aromatic heterocycles. The van der Waals surface area contributed by atoms with E-state index in [0.717, 1.165) is 44.4 Å². The Morgan fingerprint density at radius 1 is 1.40 bits per heavy atom. The topological polar surface area (TPSA) is 18.5 Å². The van der Waals surface area contributed by atoms with Gasteiger partial charge in [-0.1, -0.05) is 28.1 Å². The normalized spacial score (nSPS) is 36.7. The summed E-state index contributed by atoms with van der Waals surface area (Å²) in [5.74, 6) is 0.694. The summed E-state index contributed by atoms with van der Waals surface area (Å²) in [4.78, 5) is 0. The minimum absolute atomic E-state index is 0.0572. The first-order valence-corrected chi connectivity index (χ1v) is 6.91. The number of hydrogen-bond donors (Lipinski definition) is 0. The summed E-state index contributed by atoms with van der Waals surface area (Å²) in [6.45, 7) is 2.57. The molecule has 2 rings (SSSR count). The van der Waals surface area contributed by atoms with Crippen molar-refractivity contribution < 1.29 is 9.47 Å². The Labute approximate surface area is 100 Å². The number of alkyl halides is 1. The van der Waals surface area contributed by atoms with Gasteiger partial charge in [0.2, 0.25) is 0 Å². The van der Waals surface area contributed by atoms with Crippen LogP contribution in [-0.2, 0) is 9.47 Å². The first-order chi connectivity index (χ1) is 7.35. The number of rotatable bonds is 3. The van der Waals surface area contributed by atoms with E-state index >= 15 is 0 Å². The Hall–Kier alpha value is 0.140. The maximum absolute atomic E-state index is 5.89. The van der Waals surface area contributed by atoms with Crippen LogP contribution < -0.4 is 0 Å². The van der Waals surface area contributed by atoms with E-state index in [1.54, 1.807) is 0 Å². The fourth-order valence-electron chi connectivity index (χ4n) is 2.44. The van der Waals surface area contributed by atoms with Crippen molar-refractivity contribution in [3.05, 3.63) is 12.2 Å². The summed E-state index contributed by atoms with van der Waals surface area (Å²) >= 11 is 3.44. The number of halogens is 1. The Morgan fingerprint density at radius 2 is 2.33 bits per heavy atom. The van der Waals surface area contributed by atoms with E-state index in [2.05, 4.69) is 28.1 Å². The predicted molar refractivity (Wildman–Crippen MR) is 64.4 cm³/mol. The SMILES string of the molecule is BrCCC=CC1CCOC2(CCOC2)C1. The molecule has 0 radical (unpaired) electrons. The average Bonchev–Trinajstić information content (AvgIpc) is 2.67. The highest BCUT2D eigenvalue weighted by molar-refractivity contribution is 9.09. The van der Waals surface area contributed by atoms with Gasteiger partial charge in [0.1, 0.15) is 0 Å². The predicted octanol–water partition coefficient (Wildman–Crippen LogP) is 2.91. The van der Waals surface area contributed by atoms with Gasteiger partial charge in [-0.25, -0.2) is 0 Å². The molecule has 2 nitrogen and oxygen atoms in total. The van der Waals surface area contributed by atoms with Crippen LogP contribution in [0.25, 0.3) is 0 Å². The molecule has 0 aromatic rings. The van der Waals surface area contributed by atoms with Gasteiger partial charge in [-0.2, -0.15) is 0 Å². The van der Waals surface area contributed by atoms with E-state index in [9.17, 15) is 0 Å². The minimum Gasteiger partial charge on any atom is -0.378 e. The molecule has 0 amide bonds. The standard InChI is InChI=1S/C12H19BrO2/c13-6-2-1-3-11-4-7-15-12(9-11)5-8-14-10-12/h1,3,11H,2,4-10H2. The molecule has 2 aliphatic rings. The quantitative estimate of drug-likeness (QED) is 0.582. The molecule has 0 aromatic carbocycles. The van der Waals surface area contributed by atoms with Crippen LogP contribution in [0.3, 0.4) is 0 Å². The van der Waals surface area contributed by atoms with Crippen molar-refractivity contribution in [2.75, 3.05) is 25.2 Å². The molecule has 0 bridgehead atoms. The number of allylic oxidation sites excluding steroid dienone is 2. The number of ether oxygens (including phenoxy) is 2. The Kier molecular flexibility index (Phi) is 4.23. The molecule has 2 saturated heterocycles. The molecule has 1 spiro atoms. The fraction of sp³-hybridized carbons (Fsp3) is 0.833. The molecule has 2 atom stereocenters. The molecular weight excluding hydrogens is 256 g/mol. The van der Waals surface area contributed by atoms with Crippen LogP contribution in [0.5, 0.6) is 0 Å². The average molecular weight is 275 g/mol. The van der Waals surface area contributed by atoms with E-state index in [4.69, 9.17) is 9.47 Å².